The number of anilines is 1. The van der Waals surface area contributed by atoms with Gasteiger partial charge in [0.1, 0.15) is 5.75 Å². The Bertz CT molecular complexity index is 736. The number of amides is 1. The summed E-state index contributed by atoms with van der Waals surface area (Å²) in [5.41, 5.74) is 0.462. The average molecular weight is 358 g/mol. The summed E-state index contributed by atoms with van der Waals surface area (Å²) in [5, 5.41) is 16.6. The van der Waals surface area contributed by atoms with Gasteiger partial charge in [0.05, 0.1) is 12.2 Å². The summed E-state index contributed by atoms with van der Waals surface area (Å²) >= 11 is 0. The molecule has 0 aliphatic carbocycles. The highest BCUT2D eigenvalue weighted by atomic mass is 16.5. The fourth-order valence-electron chi connectivity index (χ4n) is 3.16. The Kier molecular flexibility index (Phi) is 5.88. The molecule has 1 saturated heterocycles. The van der Waals surface area contributed by atoms with E-state index in [4.69, 9.17) is 4.52 Å². The number of aromatic nitrogens is 2. The fraction of sp³-hybridized carbons (Fsp3) is 0.526. The molecule has 2 aromatic rings. The van der Waals surface area contributed by atoms with Gasteiger partial charge in [-0.05, 0) is 44.0 Å². The van der Waals surface area contributed by atoms with Crippen molar-refractivity contribution in [3.8, 4) is 5.75 Å². The van der Waals surface area contributed by atoms with Crippen LogP contribution in [0.3, 0.4) is 0 Å². The second kappa shape index (κ2) is 8.31. The van der Waals surface area contributed by atoms with Crippen molar-refractivity contribution in [2.75, 3.05) is 18.4 Å². The molecular formula is C19H26N4O3. The van der Waals surface area contributed by atoms with Gasteiger partial charge in [-0.25, -0.2) is 0 Å². The summed E-state index contributed by atoms with van der Waals surface area (Å²) in [6.07, 6.45) is 2.36. The molecule has 7 heteroatoms. The molecule has 0 bridgehead atoms. The maximum absolute atomic E-state index is 12.4. The van der Waals surface area contributed by atoms with Crippen LogP contribution in [-0.4, -0.2) is 39.1 Å². The van der Waals surface area contributed by atoms with E-state index in [0.29, 0.717) is 24.0 Å². The number of phenols is 1. The van der Waals surface area contributed by atoms with E-state index in [1.165, 1.54) is 0 Å². The third-order valence-corrected chi connectivity index (χ3v) is 4.58. The number of phenolic OH excluding ortho intramolecular Hbond substituents is 1. The number of piperidine rings is 1. The standard InChI is InChI=1S/C19H26N4O3/c1-13(2)11-17-21-18(26-22-17)12-23-9-7-14(8-10-23)19(25)20-15-5-3-4-6-16(15)24/h3-6,13-14,24H,7-12H2,1-2H3,(H,20,25). The number of aromatic hydroxyl groups is 1. The Hall–Kier alpha value is -2.41. The summed E-state index contributed by atoms with van der Waals surface area (Å²) in [6.45, 7) is 6.49. The van der Waals surface area contributed by atoms with E-state index in [0.717, 1.165) is 38.2 Å². The molecule has 1 aliphatic heterocycles. The molecule has 1 fully saturated rings. The van der Waals surface area contributed by atoms with Gasteiger partial charge in [0, 0.05) is 12.3 Å². The van der Waals surface area contributed by atoms with Gasteiger partial charge >= 0.3 is 0 Å². The summed E-state index contributed by atoms with van der Waals surface area (Å²) in [6, 6.07) is 6.78. The number of likely N-dealkylation sites (tertiary alicyclic amines) is 1. The molecule has 140 valence electrons. The number of rotatable bonds is 6. The fourth-order valence-corrected chi connectivity index (χ4v) is 3.16. The average Bonchev–Trinajstić information content (AvgIpc) is 3.03. The lowest BCUT2D eigenvalue weighted by molar-refractivity contribution is -0.121. The van der Waals surface area contributed by atoms with E-state index < -0.39 is 0 Å². The van der Waals surface area contributed by atoms with Crippen LogP contribution in [0.5, 0.6) is 5.75 Å². The quantitative estimate of drug-likeness (QED) is 0.772. The van der Waals surface area contributed by atoms with Crippen molar-refractivity contribution >= 4 is 11.6 Å². The van der Waals surface area contributed by atoms with Crippen molar-refractivity contribution < 1.29 is 14.4 Å². The Morgan fingerprint density at radius 3 is 2.77 bits per heavy atom. The summed E-state index contributed by atoms with van der Waals surface area (Å²) in [5.74, 6) is 1.89. The van der Waals surface area contributed by atoms with Crippen LogP contribution in [-0.2, 0) is 17.8 Å². The Labute approximate surface area is 153 Å². The van der Waals surface area contributed by atoms with Crippen LogP contribution in [0.4, 0.5) is 5.69 Å². The first-order valence-corrected chi connectivity index (χ1v) is 9.14. The number of hydrogen-bond acceptors (Lipinski definition) is 6. The zero-order valence-corrected chi connectivity index (χ0v) is 15.3. The van der Waals surface area contributed by atoms with E-state index in [1.54, 1.807) is 24.3 Å². The highest BCUT2D eigenvalue weighted by Crippen LogP contribution is 2.25. The molecular weight excluding hydrogens is 332 g/mol. The Balaban J connectivity index is 1.47. The highest BCUT2D eigenvalue weighted by molar-refractivity contribution is 5.93. The largest absolute Gasteiger partial charge is 0.506 e. The minimum atomic E-state index is -0.0509. The molecule has 7 nitrogen and oxygen atoms in total. The van der Waals surface area contributed by atoms with E-state index in [1.807, 2.05) is 0 Å². The molecule has 0 unspecified atom stereocenters. The van der Waals surface area contributed by atoms with Crippen molar-refractivity contribution in [1.82, 2.24) is 15.0 Å². The molecule has 0 atom stereocenters. The zero-order chi connectivity index (χ0) is 18.5. The number of nitrogens with zero attached hydrogens (tertiary/aromatic N) is 3. The van der Waals surface area contributed by atoms with Gasteiger partial charge < -0.3 is 14.9 Å². The topological polar surface area (TPSA) is 91.5 Å². The van der Waals surface area contributed by atoms with Gasteiger partial charge in [-0.15, -0.1) is 0 Å². The first kappa shape index (κ1) is 18.4. The SMILES string of the molecule is CC(C)Cc1noc(CN2CCC(C(=O)Nc3ccccc3O)CC2)n1. The number of carbonyl (C=O) groups is 1. The first-order chi connectivity index (χ1) is 12.5. The molecule has 3 rings (SSSR count). The van der Waals surface area contributed by atoms with Gasteiger partial charge in [-0.2, -0.15) is 4.98 Å². The predicted molar refractivity (Wildman–Crippen MR) is 97.6 cm³/mol. The van der Waals surface area contributed by atoms with Gasteiger partial charge in [0.15, 0.2) is 5.82 Å². The molecule has 2 N–H and O–H groups in total. The van der Waals surface area contributed by atoms with Gasteiger partial charge in [0.25, 0.3) is 0 Å². The van der Waals surface area contributed by atoms with Crippen LogP contribution in [0.1, 0.15) is 38.4 Å². The third-order valence-electron chi connectivity index (χ3n) is 4.58. The molecule has 1 aromatic heterocycles. The molecule has 1 amide bonds. The van der Waals surface area contributed by atoms with Gasteiger partial charge in [0.2, 0.25) is 11.8 Å². The molecule has 2 heterocycles. The van der Waals surface area contributed by atoms with E-state index in [2.05, 4.69) is 34.2 Å². The number of benzene rings is 1. The van der Waals surface area contributed by atoms with E-state index in [9.17, 15) is 9.90 Å². The van der Waals surface area contributed by atoms with Crippen LogP contribution in [0, 0.1) is 11.8 Å². The minimum absolute atomic E-state index is 0.0387. The van der Waals surface area contributed by atoms with Crippen molar-refractivity contribution in [1.29, 1.82) is 0 Å². The van der Waals surface area contributed by atoms with Gasteiger partial charge in [-0.1, -0.05) is 31.1 Å². The third kappa shape index (κ3) is 4.82. The zero-order valence-electron chi connectivity index (χ0n) is 15.3. The van der Waals surface area contributed by atoms with Crippen LogP contribution < -0.4 is 5.32 Å². The second-order valence-corrected chi connectivity index (χ2v) is 7.26. The summed E-state index contributed by atoms with van der Waals surface area (Å²) < 4.78 is 5.32. The van der Waals surface area contributed by atoms with Crippen molar-refractivity contribution in [3.05, 3.63) is 36.0 Å². The molecule has 26 heavy (non-hydrogen) atoms. The van der Waals surface area contributed by atoms with Crippen LogP contribution in [0.2, 0.25) is 0 Å². The minimum Gasteiger partial charge on any atom is -0.506 e. The molecule has 1 aromatic carbocycles. The normalized spacial score (nSPS) is 16.1. The van der Waals surface area contributed by atoms with Crippen LogP contribution >= 0.6 is 0 Å². The lowest BCUT2D eigenvalue weighted by atomic mass is 9.96. The Morgan fingerprint density at radius 1 is 1.35 bits per heavy atom. The van der Waals surface area contributed by atoms with Gasteiger partial charge in [-0.3, -0.25) is 9.69 Å². The summed E-state index contributed by atoms with van der Waals surface area (Å²) in [7, 11) is 0. The first-order valence-electron chi connectivity index (χ1n) is 9.14. The maximum atomic E-state index is 12.4. The van der Waals surface area contributed by atoms with Crippen molar-refractivity contribution in [2.24, 2.45) is 11.8 Å². The number of para-hydroxylation sites is 2. The van der Waals surface area contributed by atoms with Crippen molar-refractivity contribution in [3.63, 3.8) is 0 Å². The molecule has 0 saturated carbocycles. The number of hydrogen-bond donors (Lipinski definition) is 2. The van der Waals surface area contributed by atoms with Crippen LogP contribution in [0.15, 0.2) is 28.8 Å². The lowest BCUT2D eigenvalue weighted by Gasteiger charge is -2.30. The summed E-state index contributed by atoms with van der Waals surface area (Å²) in [4.78, 5) is 19.1. The predicted octanol–water partition coefficient (Wildman–Crippen LogP) is 2.82. The number of carbonyl (C=O) groups excluding carboxylic acids is 1. The number of nitrogens with one attached hydrogen (secondary N) is 1. The van der Waals surface area contributed by atoms with Crippen LogP contribution in [0.25, 0.3) is 0 Å². The molecule has 0 radical (unpaired) electrons. The molecule has 1 aliphatic rings. The highest BCUT2D eigenvalue weighted by Gasteiger charge is 2.26. The smallest absolute Gasteiger partial charge is 0.240 e. The van der Waals surface area contributed by atoms with Crippen molar-refractivity contribution in [2.45, 2.75) is 39.7 Å². The van der Waals surface area contributed by atoms with E-state index in [-0.39, 0.29) is 17.6 Å². The second-order valence-electron chi connectivity index (χ2n) is 7.26. The monoisotopic (exact) mass is 358 g/mol. The maximum Gasteiger partial charge on any atom is 0.240 e. The molecule has 0 spiro atoms. The lowest BCUT2D eigenvalue weighted by Crippen LogP contribution is -2.37. The Morgan fingerprint density at radius 2 is 2.08 bits per heavy atom. The van der Waals surface area contributed by atoms with E-state index >= 15 is 0 Å².